The van der Waals surface area contributed by atoms with Crippen molar-refractivity contribution in [3.8, 4) is 11.4 Å². The Morgan fingerprint density at radius 3 is 2.58 bits per heavy atom. The highest BCUT2D eigenvalue weighted by Crippen LogP contribution is 2.33. The standard InChI is InChI=1S/C13H17N3O2S/c1-6-9(12(17)18-5)7(2)15-10(6)11-8(3)19-13(14-4)16-11/h15H,1-5H3,(H,14,16). The van der Waals surface area contributed by atoms with Gasteiger partial charge >= 0.3 is 5.97 Å². The number of aromatic amines is 1. The van der Waals surface area contributed by atoms with Crippen molar-refractivity contribution in [2.24, 2.45) is 0 Å². The first-order chi connectivity index (χ1) is 8.99. The number of anilines is 1. The van der Waals surface area contributed by atoms with Crippen LogP contribution in [0.4, 0.5) is 5.13 Å². The minimum Gasteiger partial charge on any atom is -0.465 e. The van der Waals surface area contributed by atoms with E-state index in [0.717, 1.165) is 32.7 Å². The number of methoxy groups -OCH3 is 1. The van der Waals surface area contributed by atoms with Gasteiger partial charge in [-0.1, -0.05) is 0 Å². The molecule has 0 aliphatic heterocycles. The Balaban J connectivity index is 2.57. The summed E-state index contributed by atoms with van der Waals surface area (Å²) in [6, 6.07) is 0. The lowest BCUT2D eigenvalue weighted by Crippen LogP contribution is -2.03. The van der Waals surface area contributed by atoms with E-state index in [1.54, 1.807) is 11.3 Å². The molecule has 0 unspecified atom stereocenters. The van der Waals surface area contributed by atoms with Gasteiger partial charge in [-0.15, -0.1) is 11.3 Å². The van der Waals surface area contributed by atoms with Gasteiger partial charge in [0.1, 0.15) is 5.69 Å². The molecule has 0 saturated carbocycles. The van der Waals surface area contributed by atoms with Gasteiger partial charge < -0.3 is 15.0 Å². The molecule has 0 bridgehead atoms. The number of nitrogens with one attached hydrogen (secondary N) is 2. The molecule has 0 fully saturated rings. The Labute approximate surface area is 116 Å². The first-order valence-electron chi connectivity index (χ1n) is 5.92. The quantitative estimate of drug-likeness (QED) is 0.848. The molecule has 102 valence electrons. The average molecular weight is 279 g/mol. The Hall–Kier alpha value is -1.82. The highest BCUT2D eigenvalue weighted by atomic mass is 32.1. The molecule has 6 heteroatoms. The molecule has 0 radical (unpaired) electrons. The van der Waals surface area contributed by atoms with Crippen molar-refractivity contribution in [2.75, 3.05) is 19.5 Å². The number of ether oxygens (including phenoxy) is 1. The van der Waals surface area contributed by atoms with E-state index in [4.69, 9.17) is 4.74 Å². The molecule has 19 heavy (non-hydrogen) atoms. The number of carbonyl (C=O) groups is 1. The van der Waals surface area contributed by atoms with Gasteiger partial charge in [-0.2, -0.15) is 0 Å². The summed E-state index contributed by atoms with van der Waals surface area (Å²) in [6.45, 7) is 5.79. The largest absolute Gasteiger partial charge is 0.465 e. The predicted molar refractivity (Wildman–Crippen MR) is 77.0 cm³/mol. The maximum absolute atomic E-state index is 11.8. The zero-order valence-electron chi connectivity index (χ0n) is 11.7. The summed E-state index contributed by atoms with van der Waals surface area (Å²) in [5.74, 6) is -0.320. The van der Waals surface area contributed by atoms with Crippen LogP contribution in [0, 0.1) is 20.8 Å². The van der Waals surface area contributed by atoms with Crippen LogP contribution >= 0.6 is 11.3 Å². The van der Waals surface area contributed by atoms with Gasteiger partial charge in [0.05, 0.1) is 18.4 Å². The van der Waals surface area contributed by atoms with E-state index in [2.05, 4.69) is 15.3 Å². The van der Waals surface area contributed by atoms with Crippen LogP contribution in [0.2, 0.25) is 0 Å². The van der Waals surface area contributed by atoms with Crippen molar-refractivity contribution in [3.05, 3.63) is 21.7 Å². The van der Waals surface area contributed by atoms with Gasteiger partial charge in [-0.05, 0) is 26.3 Å². The average Bonchev–Trinajstić information content (AvgIpc) is 2.89. The van der Waals surface area contributed by atoms with Crippen molar-refractivity contribution in [2.45, 2.75) is 20.8 Å². The molecule has 2 rings (SSSR count). The van der Waals surface area contributed by atoms with Crippen molar-refractivity contribution in [1.29, 1.82) is 0 Å². The lowest BCUT2D eigenvalue weighted by molar-refractivity contribution is 0.0599. The summed E-state index contributed by atoms with van der Waals surface area (Å²) < 4.78 is 4.81. The number of carbonyl (C=O) groups excluding carboxylic acids is 1. The molecule has 2 N–H and O–H groups in total. The van der Waals surface area contributed by atoms with E-state index < -0.39 is 0 Å². The van der Waals surface area contributed by atoms with Crippen LogP contribution in [0.25, 0.3) is 11.4 Å². The highest BCUT2D eigenvalue weighted by Gasteiger charge is 2.22. The maximum Gasteiger partial charge on any atom is 0.339 e. The summed E-state index contributed by atoms with van der Waals surface area (Å²) in [6.07, 6.45) is 0. The van der Waals surface area contributed by atoms with Crippen molar-refractivity contribution < 1.29 is 9.53 Å². The summed E-state index contributed by atoms with van der Waals surface area (Å²) in [5, 5.41) is 3.89. The molecule has 0 spiro atoms. The van der Waals surface area contributed by atoms with E-state index in [1.165, 1.54) is 7.11 Å². The molecular weight excluding hydrogens is 262 g/mol. The number of nitrogens with zero attached hydrogens (tertiary/aromatic N) is 1. The molecule has 0 aromatic carbocycles. The fourth-order valence-corrected chi connectivity index (χ4v) is 2.90. The Bertz CT molecular complexity index is 628. The number of rotatable bonds is 3. The van der Waals surface area contributed by atoms with Crippen molar-refractivity contribution in [1.82, 2.24) is 9.97 Å². The number of thiazole rings is 1. The van der Waals surface area contributed by atoms with Crippen LogP contribution in [0.5, 0.6) is 0 Å². The fourth-order valence-electron chi connectivity index (χ4n) is 2.13. The minimum atomic E-state index is -0.320. The molecule has 0 saturated heterocycles. The molecule has 2 aromatic heterocycles. The van der Waals surface area contributed by atoms with Gasteiger partial charge in [0.15, 0.2) is 5.13 Å². The molecule has 2 heterocycles. The summed E-state index contributed by atoms with van der Waals surface area (Å²) in [5.41, 5.74) is 4.03. The molecule has 0 amide bonds. The van der Waals surface area contributed by atoms with E-state index >= 15 is 0 Å². The minimum absolute atomic E-state index is 0.320. The van der Waals surface area contributed by atoms with Gasteiger partial charge in [0.2, 0.25) is 0 Å². The third kappa shape index (κ3) is 2.23. The first-order valence-corrected chi connectivity index (χ1v) is 6.74. The lowest BCUT2D eigenvalue weighted by atomic mass is 10.1. The zero-order valence-corrected chi connectivity index (χ0v) is 12.5. The summed E-state index contributed by atoms with van der Waals surface area (Å²) in [7, 11) is 3.23. The number of hydrogen-bond donors (Lipinski definition) is 2. The zero-order chi connectivity index (χ0) is 14.2. The molecule has 0 atom stereocenters. The molecule has 2 aromatic rings. The SMILES string of the molecule is CNc1nc(-c2[nH]c(C)c(C(=O)OC)c2C)c(C)s1. The number of hydrogen-bond acceptors (Lipinski definition) is 5. The van der Waals surface area contributed by atoms with E-state index in [0.29, 0.717) is 5.56 Å². The second-order valence-electron chi connectivity index (χ2n) is 4.29. The Morgan fingerprint density at radius 1 is 1.37 bits per heavy atom. The maximum atomic E-state index is 11.8. The van der Waals surface area contributed by atoms with Gasteiger partial charge in [-0.25, -0.2) is 9.78 Å². The van der Waals surface area contributed by atoms with Crippen molar-refractivity contribution in [3.63, 3.8) is 0 Å². The number of aryl methyl sites for hydroxylation is 2. The molecule has 0 aliphatic carbocycles. The van der Waals surface area contributed by atoms with Gasteiger partial charge in [-0.3, -0.25) is 0 Å². The normalized spacial score (nSPS) is 10.6. The van der Waals surface area contributed by atoms with E-state index in [1.807, 2.05) is 27.8 Å². The van der Waals surface area contributed by atoms with Crippen LogP contribution in [0.3, 0.4) is 0 Å². The summed E-state index contributed by atoms with van der Waals surface area (Å²) in [4.78, 5) is 20.6. The van der Waals surface area contributed by atoms with Crippen LogP contribution < -0.4 is 5.32 Å². The fraction of sp³-hybridized carbons (Fsp3) is 0.385. The van der Waals surface area contributed by atoms with Crippen LogP contribution in [0.1, 0.15) is 26.5 Å². The second kappa shape index (κ2) is 5.05. The molecular formula is C13H17N3O2S. The topological polar surface area (TPSA) is 67.0 Å². The number of esters is 1. The van der Waals surface area contributed by atoms with E-state index in [9.17, 15) is 4.79 Å². The number of H-pyrrole nitrogens is 1. The monoisotopic (exact) mass is 279 g/mol. The third-order valence-electron chi connectivity index (χ3n) is 3.07. The van der Waals surface area contributed by atoms with Crippen LogP contribution in [0.15, 0.2) is 0 Å². The Kier molecular flexibility index (Phi) is 3.61. The van der Waals surface area contributed by atoms with Crippen molar-refractivity contribution >= 4 is 22.4 Å². The lowest BCUT2D eigenvalue weighted by Gasteiger charge is -2.00. The summed E-state index contributed by atoms with van der Waals surface area (Å²) >= 11 is 1.59. The molecule has 5 nitrogen and oxygen atoms in total. The highest BCUT2D eigenvalue weighted by molar-refractivity contribution is 7.15. The number of aromatic nitrogens is 2. The predicted octanol–water partition coefficient (Wildman–Crippen LogP) is 2.89. The second-order valence-corrected chi connectivity index (χ2v) is 5.49. The van der Waals surface area contributed by atoms with Gasteiger partial charge in [0.25, 0.3) is 0 Å². The third-order valence-corrected chi connectivity index (χ3v) is 4.06. The molecule has 0 aliphatic rings. The van der Waals surface area contributed by atoms with Crippen LogP contribution in [-0.4, -0.2) is 30.1 Å². The van der Waals surface area contributed by atoms with Gasteiger partial charge in [0, 0.05) is 17.6 Å². The van der Waals surface area contributed by atoms with Crippen LogP contribution in [-0.2, 0) is 4.74 Å². The first kappa shape index (κ1) is 13.6. The van der Waals surface area contributed by atoms with E-state index in [-0.39, 0.29) is 5.97 Å². The smallest absolute Gasteiger partial charge is 0.339 e. The Morgan fingerprint density at radius 2 is 2.05 bits per heavy atom.